The van der Waals surface area contributed by atoms with E-state index >= 15 is 0 Å². The number of ether oxygens (including phenoxy) is 4. The Labute approximate surface area is 222 Å². The molecule has 3 aromatic carbocycles. The summed E-state index contributed by atoms with van der Waals surface area (Å²) in [6.07, 6.45) is 1.84. The van der Waals surface area contributed by atoms with Crippen molar-refractivity contribution in [3.05, 3.63) is 76.3 Å². The molecule has 1 aliphatic rings. The largest absolute Gasteiger partial charge is 0.493 e. The molecule has 0 saturated heterocycles. The molecule has 0 aliphatic carbocycles. The molecule has 0 saturated carbocycles. The maximum atomic E-state index is 13.0. The van der Waals surface area contributed by atoms with Gasteiger partial charge in [0.1, 0.15) is 0 Å². The van der Waals surface area contributed by atoms with Gasteiger partial charge in [-0.2, -0.15) is 0 Å². The first-order chi connectivity index (χ1) is 18.4. The Bertz CT molecular complexity index is 1320. The predicted molar refractivity (Wildman–Crippen MR) is 145 cm³/mol. The zero-order chi connectivity index (χ0) is 27.2. The number of nitrogens with two attached hydrogens (primary N) is 1. The summed E-state index contributed by atoms with van der Waals surface area (Å²) in [5, 5.41) is 2.83. The Morgan fingerprint density at radius 2 is 1.37 bits per heavy atom. The van der Waals surface area contributed by atoms with Crippen LogP contribution >= 0.6 is 0 Å². The Morgan fingerprint density at radius 1 is 0.816 bits per heavy atom. The van der Waals surface area contributed by atoms with E-state index in [9.17, 15) is 9.59 Å². The molecular weight excluding hydrogens is 486 g/mol. The maximum Gasteiger partial charge on any atom is 0.256 e. The monoisotopic (exact) mass is 519 g/mol. The molecule has 0 spiro atoms. The highest BCUT2D eigenvalue weighted by Crippen LogP contribution is 2.33. The number of amides is 2. The van der Waals surface area contributed by atoms with Crippen molar-refractivity contribution in [3.8, 4) is 23.0 Å². The van der Waals surface area contributed by atoms with Gasteiger partial charge >= 0.3 is 0 Å². The van der Waals surface area contributed by atoms with Crippen LogP contribution < -0.4 is 30.0 Å². The van der Waals surface area contributed by atoms with Gasteiger partial charge < -0.3 is 30.0 Å². The number of anilines is 1. The van der Waals surface area contributed by atoms with E-state index in [1.54, 1.807) is 14.2 Å². The summed E-state index contributed by atoms with van der Waals surface area (Å²) in [7, 11) is 6.22. The van der Waals surface area contributed by atoms with Gasteiger partial charge in [-0.1, -0.05) is 12.1 Å². The van der Waals surface area contributed by atoms with Gasteiger partial charge in [0.2, 0.25) is 5.91 Å². The van der Waals surface area contributed by atoms with Crippen molar-refractivity contribution < 1.29 is 28.5 Å². The lowest BCUT2D eigenvalue weighted by molar-refractivity contribution is 0.0976. The Kier molecular flexibility index (Phi) is 8.38. The molecule has 38 heavy (non-hydrogen) atoms. The van der Waals surface area contributed by atoms with Crippen LogP contribution in [-0.2, 0) is 19.4 Å². The molecule has 3 aromatic rings. The highest BCUT2D eigenvalue weighted by molar-refractivity contribution is 6.12. The topological polar surface area (TPSA) is 112 Å². The summed E-state index contributed by atoms with van der Waals surface area (Å²) < 4.78 is 21.4. The Hall–Kier alpha value is -4.24. The van der Waals surface area contributed by atoms with Gasteiger partial charge in [0.05, 0.1) is 39.6 Å². The zero-order valence-electron chi connectivity index (χ0n) is 22.1. The number of hydrogen-bond donors (Lipinski definition) is 2. The van der Waals surface area contributed by atoms with Crippen molar-refractivity contribution in [1.29, 1.82) is 0 Å². The SMILES string of the molecule is COc1cc2c(cc1OC)CN(CCc1ccc(NC(=O)c3cc(OC)c(OC)cc3C(N)=O)cc1)CC2. The number of nitrogens with one attached hydrogen (secondary N) is 1. The average Bonchev–Trinajstić information content (AvgIpc) is 2.94. The second kappa shape index (κ2) is 11.9. The number of nitrogens with zero attached hydrogens (tertiary/aromatic N) is 1. The van der Waals surface area contributed by atoms with Crippen molar-refractivity contribution >= 4 is 17.5 Å². The summed E-state index contributed by atoms with van der Waals surface area (Å²) in [4.78, 5) is 27.3. The summed E-state index contributed by atoms with van der Waals surface area (Å²) in [5.74, 6) is 0.968. The van der Waals surface area contributed by atoms with Crippen LogP contribution in [0.5, 0.6) is 23.0 Å². The van der Waals surface area contributed by atoms with Gasteiger partial charge in [0.15, 0.2) is 23.0 Å². The number of primary amides is 1. The van der Waals surface area contributed by atoms with Crippen molar-refractivity contribution in [3.63, 3.8) is 0 Å². The molecule has 0 fully saturated rings. The fourth-order valence-electron chi connectivity index (χ4n) is 4.64. The van der Waals surface area contributed by atoms with Gasteiger partial charge in [-0.05, 0) is 65.9 Å². The fourth-order valence-corrected chi connectivity index (χ4v) is 4.64. The number of carbonyl (C=O) groups excluding carboxylic acids is 2. The van der Waals surface area contributed by atoms with E-state index in [4.69, 9.17) is 24.7 Å². The molecule has 9 heteroatoms. The third kappa shape index (κ3) is 5.84. The molecule has 2 amide bonds. The first kappa shape index (κ1) is 26.8. The second-order valence-corrected chi connectivity index (χ2v) is 9.02. The van der Waals surface area contributed by atoms with Crippen LogP contribution in [-0.4, -0.2) is 58.2 Å². The van der Waals surface area contributed by atoms with E-state index in [1.807, 2.05) is 24.3 Å². The Morgan fingerprint density at radius 3 is 1.95 bits per heavy atom. The van der Waals surface area contributed by atoms with Crippen molar-refractivity contribution in [2.24, 2.45) is 5.73 Å². The van der Waals surface area contributed by atoms with Crippen LogP contribution in [0.15, 0.2) is 48.5 Å². The predicted octanol–water partition coefficient (Wildman–Crippen LogP) is 3.67. The highest BCUT2D eigenvalue weighted by atomic mass is 16.5. The number of methoxy groups -OCH3 is 4. The van der Waals surface area contributed by atoms with E-state index in [0.717, 1.165) is 49.5 Å². The third-order valence-electron chi connectivity index (χ3n) is 6.76. The Balaban J connectivity index is 1.38. The first-order valence-corrected chi connectivity index (χ1v) is 12.3. The van der Waals surface area contributed by atoms with Gasteiger partial charge in [0, 0.05) is 25.3 Å². The van der Waals surface area contributed by atoms with Crippen LogP contribution in [0.4, 0.5) is 5.69 Å². The van der Waals surface area contributed by atoms with E-state index in [2.05, 4.69) is 22.3 Å². The van der Waals surface area contributed by atoms with Gasteiger partial charge in [-0.3, -0.25) is 14.5 Å². The van der Waals surface area contributed by atoms with Gasteiger partial charge in [0.25, 0.3) is 5.91 Å². The summed E-state index contributed by atoms with van der Waals surface area (Å²) >= 11 is 0. The van der Waals surface area contributed by atoms with Crippen molar-refractivity contribution in [2.75, 3.05) is 46.8 Å². The van der Waals surface area contributed by atoms with Crippen LogP contribution in [0.3, 0.4) is 0 Å². The molecule has 4 rings (SSSR count). The molecular formula is C29H33N3O6. The third-order valence-corrected chi connectivity index (χ3v) is 6.76. The maximum absolute atomic E-state index is 13.0. The lowest BCUT2D eigenvalue weighted by Gasteiger charge is -2.29. The highest BCUT2D eigenvalue weighted by Gasteiger charge is 2.21. The average molecular weight is 520 g/mol. The number of rotatable bonds is 10. The summed E-state index contributed by atoms with van der Waals surface area (Å²) in [6.45, 7) is 2.74. The number of carbonyl (C=O) groups is 2. The molecule has 0 radical (unpaired) electrons. The molecule has 0 bridgehead atoms. The molecule has 9 nitrogen and oxygen atoms in total. The van der Waals surface area contributed by atoms with Crippen molar-refractivity contribution in [2.45, 2.75) is 19.4 Å². The smallest absolute Gasteiger partial charge is 0.256 e. The van der Waals surface area contributed by atoms with Crippen LogP contribution in [0.2, 0.25) is 0 Å². The first-order valence-electron chi connectivity index (χ1n) is 12.3. The second-order valence-electron chi connectivity index (χ2n) is 9.02. The van der Waals surface area contributed by atoms with E-state index < -0.39 is 11.8 Å². The van der Waals surface area contributed by atoms with Crippen LogP contribution in [0, 0.1) is 0 Å². The lowest BCUT2D eigenvalue weighted by Crippen LogP contribution is -2.32. The fraction of sp³-hybridized carbons (Fsp3) is 0.310. The molecule has 1 aliphatic heterocycles. The molecule has 0 atom stereocenters. The standard InChI is InChI=1S/C29H33N3O6/c1-35-24-13-19-10-12-32(17-20(19)14-25(24)36-2)11-9-18-5-7-21(8-6-18)31-29(34)23-16-27(38-4)26(37-3)15-22(23)28(30)33/h5-8,13-16H,9-12,17H2,1-4H3,(H2,30,33)(H,31,34). The normalized spacial score (nSPS) is 12.8. The van der Waals surface area contributed by atoms with E-state index in [-0.39, 0.29) is 11.1 Å². The lowest BCUT2D eigenvalue weighted by atomic mass is 9.98. The van der Waals surface area contributed by atoms with Crippen molar-refractivity contribution in [1.82, 2.24) is 4.90 Å². The van der Waals surface area contributed by atoms with Gasteiger partial charge in [-0.25, -0.2) is 0 Å². The number of fused-ring (bicyclic) bond motifs is 1. The number of hydrogen-bond acceptors (Lipinski definition) is 7. The molecule has 200 valence electrons. The molecule has 0 aromatic heterocycles. The quantitative estimate of drug-likeness (QED) is 0.420. The minimum absolute atomic E-state index is 0.0518. The van der Waals surface area contributed by atoms with Crippen LogP contribution in [0.1, 0.15) is 37.4 Å². The summed E-state index contributed by atoms with van der Waals surface area (Å²) in [6, 6.07) is 14.7. The summed E-state index contributed by atoms with van der Waals surface area (Å²) in [5.41, 5.74) is 9.99. The van der Waals surface area contributed by atoms with Crippen LogP contribution in [0.25, 0.3) is 0 Å². The minimum atomic E-state index is -0.732. The van der Waals surface area contributed by atoms with Gasteiger partial charge in [-0.15, -0.1) is 0 Å². The molecule has 0 unspecified atom stereocenters. The molecule has 1 heterocycles. The van der Waals surface area contributed by atoms with E-state index in [1.165, 1.54) is 37.5 Å². The zero-order valence-corrected chi connectivity index (χ0v) is 22.1. The van der Waals surface area contributed by atoms with E-state index in [0.29, 0.717) is 17.2 Å². The minimum Gasteiger partial charge on any atom is -0.493 e. The molecule has 3 N–H and O–H groups in total. The number of benzene rings is 3.